The second-order valence-corrected chi connectivity index (χ2v) is 6.73. The Morgan fingerprint density at radius 3 is 2.62 bits per heavy atom. The van der Waals surface area contributed by atoms with E-state index in [1.807, 2.05) is 0 Å². The molecule has 0 atom stereocenters. The van der Waals surface area contributed by atoms with Crippen molar-refractivity contribution in [2.75, 3.05) is 17.2 Å². The van der Waals surface area contributed by atoms with Crippen LogP contribution in [0.3, 0.4) is 0 Å². The Labute approximate surface area is 128 Å². The zero-order valence-electron chi connectivity index (χ0n) is 12.4. The summed E-state index contributed by atoms with van der Waals surface area (Å²) in [5.41, 5.74) is 0. The molecule has 0 unspecified atom stereocenters. The quantitative estimate of drug-likeness (QED) is 0.780. The summed E-state index contributed by atoms with van der Waals surface area (Å²) in [6.45, 7) is 3.08. The molecule has 0 bridgehead atoms. The number of nitrogens with zero attached hydrogens (tertiary/aromatic N) is 4. The van der Waals surface area contributed by atoms with Crippen LogP contribution >= 0.6 is 11.8 Å². The van der Waals surface area contributed by atoms with Gasteiger partial charge < -0.3 is 10.0 Å². The first-order valence-corrected chi connectivity index (χ1v) is 8.75. The Bertz CT molecular complexity index is 509. The highest BCUT2D eigenvalue weighted by Gasteiger charge is 2.34. The minimum absolute atomic E-state index is 0.0421. The van der Waals surface area contributed by atoms with Crippen molar-refractivity contribution in [2.24, 2.45) is 0 Å². The predicted molar refractivity (Wildman–Crippen MR) is 81.9 cm³/mol. The summed E-state index contributed by atoms with van der Waals surface area (Å²) in [6, 6.07) is 1.02. The van der Waals surface area contributed by atoms with Gasteiger partial charge in [0.15, 0.2) is 5.16 Å². The maximum absolute atomic E-state index is 10.8. The van der Waals surface area contributed by atoms with E-state index in [-0.39, 0.29) is 5.75 Å². The van der Waals surface area contributed by atoms with Crippen molar-refractivity contribution in [3.63, 3.8) is 0 Å². The van der Waals surface area contributed by atoms with E-state index >= 15 is 0 Å². The maximum Gasteiger partial charge on any atom is 0.313 e. The lowest BCUT2D eigenvalue weighted by Gasteiger charge is -2.25. The van der Waals surface area contributed by atoms with Crippen LogP contribution in [-0.4, -0.2) is 44.2 Å². The molecule has 2 fully saturated rings. The molecule has 7 heteroatoms. The van der Waals surface area contributed by atoms with E-state index in [9.17, 15) is 4.79 Å². The van der Waals surface area contributed by atoms with Gasteiger partial charge >= 0.3 is 5.97 Å². The number of carbonyl (C=O) groups is 1. The molecule has 1 heterocycles. The molecule has 1 N–H and O–H groups in total. The smallest absolute Gasteiger partial charge is 0.313 e. The number of carboxylic acids is 1. The summed E-state index contributed by atoms with van der Waals surface area (Å²) in [7, 11) is 0. The van der Waals surface area contributed by atoms with Crippen molar-refractivity contribution in [3.8, 4) is 0 Å². The third-order valence-electron chi connectivity index (χ3n) is 4.25. The number of anilines is 1. The molecule has 0 radical (unpaired) electrons. The monoisotopic (exact) mass is 310 g/mol. The maximum atomic E-state index is 10.8. The first-order valence-electron chi connectivity index (χ1n) is 7.76. The largest absolute Gasteiger partial charge is 0.481 e. The van der Waals surface area contributed by atoms with Gasteiger partial charge in [-0.25, -0.2) is 0 Å². The van der Waals surface area contributed by atoms with Gasteiger partial charge in [0.05, 0.1) is 5.75 Å². The molecule has 2 saturated carbocycles. The standard InChI is InChI=1S/C14H22N4O2S/c1-2-17(10-7-8-10)13-15-16-14(21-9-12(19)20)18(13)11-5-3-4-6-11/h10-11H,2-9H2,1H3,(H,19,20). The SMILES string of the molecule is CCN(c1nnc(SCC(=O)O)n1C1CCCC1)C1CC1. The van der Waals surface area contributed by atoms with Crippen LogP contribution in [0.4, 0.5) is 5.95 Å². The Morgan fingerprint density at radius 1 is 1.33 bits per heavy atom. The van der Waals surface area contributed by atoms with Gasteiger partial charge in [0, 0.05) is 18.6 Å². The average Bonchev–Trinajstić information content (AvgIpc) is 3.00. The van der Waals surface area contributed by atoms with Gasteiger partial charge in [0.1, 0.15) is 0 Å². The molecule has 0 aromatic carbocycles. The van der Waals surface area contributed by atoms with Crippen LogP contribution in [0.25, 0.3) is 0 Å². The average molecular weight is 310 g/mol. The van der Waals surface area contributed by atoms with E-state index < -0.39 is 5.97 Å². The third-order valence-corrected chi connectivity index (χ3v) is 5.17. The molecule has 1 aromatic heterocycles. The molecular formula is C14H22N4O2S. The van der Waals surface area contributed by atoms with E-state index in [4.69, 9.17) is 5.11 Å². The van der Waals surface area contributed by atoms with Crippen LogP contribution in [-0.2, 0) is 4.79 Å². The Balaban J connectivity index is 1.88. The van der Waals surface area contributed by atoms with Crippen molar-refractivity contribution < 1.29 is 9.90 Å². The number of hydrogen-bond donors (Lipinski definition) is 1. The van der Waals surface area contributed by atoms with Crippen LogP contribution in [0.1, 0.15) is 51.5 Å². The summed E-state index contributed by atoms with van der Waals surface area (Å²) < 4.78 is 2.21. The fraction of sp³-hybridized carbons (Fsp3) is 0.786. The van der Waals surface area contributed by atoms with Crippen LogP contribution in [0.2, 0.25) is 0 Å². The summed E-state index contributed by atoms with van der Waals surface area (Å²) in [4.78, 5) is 13.2. The zero-order valence-corrected chi connectivity index (χ0v) is 13.2. The molecule has 0 amide bonds. The molecule has 2 aliphatic rings. The highest BCUT2D eigenvalue weighted by Crippen LogP contribution is 2.38. The molecule has 3 rings (SSSR count). The highest BCUT2D eigenvalue weighted by atomic mass is 32.2. The van der Waals surface area contributed by atoms with E-state index in [0.29, 0.717) is 12.1 Å². The fourth-order valence-corrected chi connectivity index (χ4v) is 3.84. The predicted octanol–water partition coefficient (Wildman–Crippen LogP) is 2.56. The Kier molecular flexibility index (Phi) is 4.37. The van der Waals surface area contributed by atoms with Crippen molar-refractivity contribution in [3.05, 3.63) is 0 Å². The number of aromatic nitrogens is 3. The van der Waals surface area contributed by atoms with E-state index in [1.165, 1.54) is 37.4 Å². The normalized spacial score (nSPS) is 19.1. The number of carboxylic acid groups (broad SMARTS) is 1. The van der Waals surface area contributed by atoms with E-state index in [0.717, 1.165) is 30.5 Å². The fourth-order valence-electron chi connectivity index (χ4n) is 3.12. The number of hydrogen-bond acceptors (Lipinski definition) is 5. The van der Waals surface area contributed by atoms with E-state index in [1.54, 1.807) is 0 Å². The minimum atomic E-state index is -0.808. The first kappa shape index (κ1) is 14.7. The van der Waals surface area contributed by atoms with Crippen LogP contribution in [0.15, 0.2) is 5.16 Å². The Hall–Kier alpha value is -1.24. The summed E-state index contributed by atoms with van der Waals surface area (Å²) in [5.74, 6) is 0.178. The first-order chi connectivity index (χ1) is 10.2. The van der Waals surface area contributed by atoms with Gasteiger partial charge in [0.25, 0.3) is 0 Å². The Morgan fingerprint density at radius 2 is 2.05 bits per heavy atom. The highest BCUT2D eigenvalue weighted by molar-refractivity contribution is 7.99. The third kappa shape index (κ3) is 3.17. The summed E-state index contributed by atoms with van der Waals surface area (Å²) >= 11 is 1.29. The van der Waals surface area contributed by atoms with Crippen molar-refractivity contribution in [1.82, 2.24) is 14.8 Å². The van der Waals surface area contributed by atoms with Gasteiger partial charge in [0.2, 0.25) is 5.95 Å². The molecule has 6 nitrogen and oxygen atoms in total. The lowest BCUT2D eigenvalue weighted by Crippen LogP contribution is -2.29. The second-order valence-electron chi connectivity index (χ2n) is 5.79. The molecule has 21 heavy (non-hydrogen) atoms. The van der Waals surface area contributed by atoms with Gasteiger partial charge in [-0.15, -0.1) is 10.2 Å². The van der Waals surface area contributed by atoms with Crippen LogP contribution in [0, 0.1) is 0 Å². The van der Waals surface area contributed by atoms with Gasteiger partial charge in [-0.05, 0) is 32.6 Å². The molecule has 116 valence electrons. The molecule has 0 spiro atoms. The van der Waals surface area contributed by atoms with Crippen molar-refractivity contribution >= 4 is 23.7 Å². The number of rotatable bonds is 7. The van der Waals surface area contributed by atoms with E-state index in [2.05, 4.69) is 26.6 Å². The molecule has 2 aliphatic carbocycles. The van der Waals surface area contributed by atoms with Crippen molar-refractivity contribution in [2.45, 2.75) is 62.7 Å². The number of aliphatic carboxylic acids is 1. The topological polar surface area (TPSA) is 71.2 Å². The second kappa shape index (κ2) is 6.25. The lowest BCUT2D eigenvalue weighted by molar-refractivity contribution is -0.133. The zero-order chi connectivity index (χ0) is 14.8. The molecule has 0 aliphatic heterocycles. The van der Waals surface area contributed by atoms with Crippen LogP contribution < -0.4 is 4.90 Å². The van der Waals surface area contributed by atoms with Gasteiger partial charge in [-0.3, -0.25) is 9.36 Å². The van der Waals surface area contributed by atoms with Gasteiger partial charge in [-0.2, -0.15) is 0 Å². The molecule has 0 saturated heterocycles. The van der Waals surface area contributed by atoms with Gasteiger partial charge in [-0.1, -0.05) is 24.6 Å². The summed E-state index contributed by atoms with van der Waals surface area (Å²) in [5, 5.41) is 18.3. The molecular weight excluding hydrogens is 288 g/mol. The summed E-state index contributed by atoms with van der Waals surface area (Å²) in [6.07, 6.45) is 7.22. The minimum Gasteiger partial charge on any atom is -0.481 e. The van der Waals surface area contributed by atoms with Crippen molar-refractivity contribution in [1.29, 1.82) is 0 Å². The van der Waals surface area contributed by atoms with Crippen LogP contribution in [0.5, 0.6) is 0 Å². The molecule has 1 aromatic rings. The number of thioether (sulfide) groups is 1. The lowest BCUT2D eigenvalue weighted by atomic mass is 10.2.